The predicted octanol–water partition coefficient (Wildman–Crippen LogP) is 3.24. The maximum atomic E-state index is 13.7. The SMILES string of the molecule is Cc1nc2n(n1)CCN(C(=O)CNc1ccc(F)cc1)CCCC(=O)N1CCCC[C@H]1C(=O)N[C@@H]2Cc1ccccc1. The van der Waals surface area contributed by atoms with Gasteiger partial charge in [-0.25, -0.2) is 14.1 Å². The third-order valence-electron chi connectivity index (χ3n) is 7.88. The fourth-order valence-corrected chi connectivity index (χ4v) is 5.72. The van der Waals surface area contributed by atoms with Crippen LogP contribution in [0.15, 0.2) is 54.6 Å². The fraction of sp³-hybridized carbons (Fsp3) is 0.452. The van der Waals surface area contributed by atoms with Crippen LogP contribution in [0, 0.1) is 12.7 Å². The van der Waals surface area contributed by atoms with Crippen molar-refractivity contribution in [1.82, 2.24) is 29.9 Å². The van der Waals surface area contributed by atoms with Crippen molar-refractivity contribution in [2.24, 2.45) is 0 Å². The van der Waals surface area contributed by atoms with E-state index in [1.165, 1.54) is 12.1 Å². The molecule has 1 saturated heterocycles. The second kappa shape index (κ2) is 13.6. The summed E-state index contributed by atoms with van der Waals surface area (Å²) in [4.78, 5) is 48.5. The van der Waals surface area contributed by atoms with E-state index in [1.807, 2.05) is 37.3 Å². The zero-order valence-electron chi connectivity index (χ0n) is 24.0. The van der Waals surface area contributed by atoms with Gasteiger partial charge < -0.3 is 20.4 Å². The van der Waals surface area contributed by atoms with Gasteiger partial charge in [-0.2, -0.15) is 5.10 Å². The van der Waals surface area contributed by atoms with Crippen molar-refractivity contribution in [1.29, 1.82) is 0 Å². The van der Waals surface area contributed by atoms with E-state index in [9.17, 15) is 18.8 Å². The van der Waals surface area contributed by atoms with Crippen LogP contribution in [0.3, 0.4) is 0 Å². The van der Waals surface area contributed by atoms with Gasteiger partial charge in [-0.15, -0.1) is 0 Å². The molecule has 2 atom stereocenters. The minimum Gasteiger partial charge on any atom is -0.376 e. The van der Waals surface area contributed by atoms with Gasteiger partial charge in [-0.3, -0.25) is 14.4 Å². The molecular formula is C31H38FN7O3. The first-order chi connectivity index (χ1) is 20.4. The standard InChI is InChI=1S/C31H38FN7O3/c1-22-34-30-26(20-23-8-3-2-4-9-23)35-31(42)27-10-5-6-17-38(27)28(40)11-7-16-37(18-19-39(30)36-22)29(41)21-33-25-14-12-24(32)13-15-25/h2-4,8-9,12-15,26-27,33H,5-7,10-11,16-21H2,1H3,(H,35,42)/t26-,27+/m1/s1. The Hall–Kier alpha value is -4.28. The van der Waals surface area contributed by atoms with Crippen LogP contribution in [0.2, 0.25) is 0 Å². The van der Waals surface area contributed by atoms with Crippen LogP contribution in [0.1, 0.15) is 55.4 Å². The first-order valence-corrected chi connectivity index (χ1v) is 14.7. The number of halogens is 1. The van der Waals surface area contributed by atoms with Gasteiger partial charge in [-0.05, 0) is 68.9 Å². The average molecular weight is 576 g/mol. The topological polar surface area (TPSA) is 112 Å². The van der Waals surface area contributed by atoms with E-state index in [2.05, 4.69) is 15.7 Å². The molecule has 0 aliphatic carbocycles. The van der Waals surface area contributed by atoms with Crippen molar-refractivity contribution >= 4 is 23.4 Å². The summed E-state index contributed by atoms with van der Waals surface area (Å²) < 4.78 is 15.1. The minimum atomic E-state index is -0.539. The molecule has 10 nitrogen and oxygen atoms in total. The van der Waals surface area contributed by atoms with Crippen LogP contribution >= 0.6 is 0 Å². The fourth-order valence-electron chi connectivity index (χ4n) is 5.72. The number of aryl methyl sites for hydroxylation is 1. The lowest BCUT2D eigenvalue weighted by molar-refractivity contribution is -0.143. The molecule has 1 aromatic heterocycles. The lowest BCUT2D eigenvalue weighted by atomic mass is 9.99. The van der Waals surface area contributed by atoms with Gasteiger partial charge in [-0.1, -0.05) is 30.3 Å². The molecule has 0 unspecified atom stereocenters. The molecule has 0 saturated carbocycles. The molecule has 222 valence electrons. The number of benzene rings is 2. The Bertz CT molecular complexity index is 1380. The number of carbonyl (C=O) groups excluding carboxylic acids is 3. The third-order valence-corrected chi connectivity index (χ3v) is 7.88. The van der Waals surface area contributed by atoms with E-state index in [1.54, 1.807) is 26.6 Å². The van der Waals surface area contributed by atoms with Crippen molar-refractivity contribution in [2.45, 2.75) is 64.1 Å². The smallest absolute Gasteiger partial charge is 0.243 e. The maximum Gasteiger partial charge on any atom is 0.243 e. The van der Waals surface area contributed by atoms with Crippen molar-refractivity contribution < 1.29 is 18.8 Å². The third kappa shape index (κ3) is 7.32. The monoisotopic (exact) mass is 575 g/mol. The van der Waals surface area contributed by atoms with Crippen LogP contribution in [0.5, 0.6) is 0 Å². The average Bonchev–Trinajstić information content (AvgIpc) is 3.38. The van der Waals surface area contributed by atoms with Crippen molar-refractivity contribution in [2.75, 3.05) is 31.5 Å². The van der Waals surface area contributed by atoms with E-state index >= 15 is 0 Å². The minimum absolute atomic E-state index is 0.0315. The summed E-state index contributed by atoms with van der Waals surface area (Å²) in [6.45, 7) is 3.50. The van der Waals surface area contributed by atoms with Crippen LogP contribution in [-0.4, -0.2) is 74.5 Å². The van der Waals surface area contributed by atoms with Gasteiger partial charge in [0.25, 0.3) is 0 Å². The van der Waals surface area contributed by atoms with Crippen LogP contribution in [0.4, 0.5) is 10.1 Å². The molecule has 11 heteroatoms. The lowest BCUT2D eigenvalue weighted by Crippen LogP contribution is -2.53. The normalized spacial score (nSPS) is 20.2. The summed E-state index contributed by atoms with van der Waals surface area (Å²) in [5, 5.41) is 10.9. The number of amides is 3. The van der Waals surface area contributed by atoms with Gasteiger partial charge in [0.2, 0.25) is 17.7 Å². The number of fused-ring (bicyclic) bond motifs is 2. The summed E-state index contributed by atoms with van der Waals surface area (Å²) in [5.41, 5.74) is 1.68. The highest BCUT2D eigenvalue weighted by Crippen LogP contribution is 2.23. The Labute approximate surface area is 245 Å². The number of hydrogen-bond acceptors (Lipinski definition) is 6. The molecular weight excluding hydrogens is 537 g/mol. The van der Waals surface area contributed by atoms with Gasteiger partial charge in [0, 0.05) is 31.7 Å². The molecule has 3 aromatic rings. The van der Waals surface area contributed by atoms with Gasteiger partial charge in [0.1, 0.15) is 23.5 Å². The molecule has 0 spiro atoms. The van der Waals surface area contributed by atoms with E-state index in [4.69, 9.17) is 4.98 Å². The summed E-state index contributed by atoms with van der Waals surface area (Å²) in [6.07, 6.45) is 3.59. The molecule has 0 bridgehead atoms. The van der Waals surface area contributed by atoms with Crippen molar-refractivity contribution in [3.63, 3.8) is 0 Å². The van der Waals surface area contributed by atoms with Crippen molar-refractivity contribution in [3.05, 3.63) is 77.6 Å². The Morgan fingerprint density at radius 2 is 1.79 bits per heavy atom. The Balaban J connectivity index is 1.41. The Morgan fingerprint density at radius 1 is 1.00 bits per heavy atom. The molecule has 0 radical (unpaired) electrons. The van der Waals surface area contributed by atoms with Gasteiger partial charge in [0.05, 0.1) is 19.1 Å². The molecule has 3 amide bonds. The zero-order valence-corrected chi connectivity index (χ0v) is 24.0. The second-order valence-corrected chi connectivity index (χ2v) is 10.9. The van der Waals surface area contributed by atoms with Crippen LogP contribution in [-0.2, 0) is 27.3 Å². The van der Waals surface area contributed by atoms with Gasteiger partial charge >= 0.3 is 0 Å². The quantitative estimate of drug-likeness (QED) is 0.483. The number of hydrogen-bond donors (Lipinski definition) is 2. The number of aromatic nitrogens is 3. The van der Waals surface area contributed by atoms with E-state index < -0.39 is 12.1 Å². The number of rotatable bonds is 5. The lowest BCUT2D eigenvalue weighted by Gasteiger charge is -2.36. The molecule has 2 aliphatic heterocycles. The summed E-state index contributed by atoms with van der Waals surface area (Å²) in [7, 11) is 0. The summed E-state index contributed by atoms with van der Waals surface area (Å²) in [5.74, 6) is 0.476. The molecule has 2 aromatic carbocycles. The molecule has 2 N–H and O–H groups in total. The first-order valence-electron chi connectivity index (χ1n) is 14.7. The second-order valence-electron chi connectivity index (χ2n) is 10.9. The largest absolute Gasteiger partial charge is 0.376 e. The first kappa shape index (κ1) is 29.2. The van der Waals surface area contributed by atoms with E-state index in [0.717, 1.165) is 18.4 Å². The van der Waals surface area contributed by atoms with Crippen LogP contribution in [0.25, 0.3) is 0 Å². The highest BCUT2D eigenvalue weighted by molar-refractivity contribution is 5.88. The maximum absolute atomic E-state index is 13.7. The molecule has 1 fully saturated rings. The molecule has 3 heterocycles. The Kier molecular flexibility index (Phi) is 9.45. The molecule has 42 heavy (non-hydrogen) atoms. The van der Waals surface area contributed by atoms with E-state index in [0.29, 0.717) is 62.8 Å². The van der Waals surface area contributed by atoms with Gasteiger partial charge in [0.15, 0.2) is 0 Å². The summed E-state index contributed by atoms with van der Waals surface area (Å²) in [6, 6.07) is 14.7. The predicted molar refractivity (Wildman–Crippen MR) is 156 cm³/mol. The highest BCUT2D eigenvalue weighted by atomic mass is 19.1. The van der Waals surface area contributed by atoms with Crippen LogP contribution < -0.4 is 10.6 Å². The number of nitrogens with one attached hydrogen (secondary N) is 2. The number of piperidine rings is 1. The zero-order chi connectivity index (χ0) is 29.5. The van der Waals surface area contributed by atoms with Crippen molar-refractivity contribution in [3.8, 4) is 0 Å². The number of nitrogens with zero attached hydrogens (tertiary/aromatic N) is 5. The molecule has 5 rings (SSSR count). The summed E-state index contributed by atoms with van der Waals surface area (Å²) >= 11 is 0. The number of carbonyl (C=O) groups is 3. The highest BCUT2D eigenvalue weighted by Gasteiger charge is 2.34. The van der Waals surface area contributed by atoms with E-state index in [-0.39, 0.29) is 36.5 Å². The number of anilines is 1. The molecule has 2 aliphatic rings. The Morgan fingerprint density at radius 3 is 2.57 bits per heavy atom.